The number of ether oxygens (including phenoxy) is 1. The molecule has 0 aliphatic carbocycles. The number of nitrogens with two attached hydrogens (primary N) is 1. The number of allylic oxidation sites excluding steroid dienone is 1. The van der Waals surface area contributed by atoms with Crippen LogP contribution in [0.1, 0.15) is 44.9 Å². The highest BCUT2D eigenvalue weighted by Crippen LogP contribution is 2.41. The number of fused-ring (bicyclic) bond motifs is 1. The number of hydrogen-bond donors (Lipinski definition) is 1. The van der Waals surface area contributed by atoms with Crippen molar-refractivity contribution in [1.29, 1.82) is 0 Å². The van der Waals surface area contributed by atoms with Crippen molar-refractivity contribution in [1.82, 2.24) is 9.88 Å². The molecule has 7 heteroatoms. The molecule has 2 aliphatic heterocycles. The molecule has 1 saturated heterocycles. The van der Waals surface area contributed by atoms with Crippen LogP contribution in [0.2, 0.25) is 0 Å². The number of benzene rings is 1. The predicted octanol–water partition coefficient (Wildman–Crippen LogP) is 3.14. The van der Waals surface area contributed by atoms with Gasteiger partial charge in [-0.25, -0.2) is 0 Å². The number of pyridine rings is 1. The molecule has 1 fully saturated rings. The Morgan fingerprint density at radius 2 is 2.00 bits per heavy atom. The normalized spacial score (nSPS) is 22.3. The van der Waals surface area contributed by atoms with Gasteiger partial charge in [-0.2, -0.15) is 0 Å². The molecule has 1 aromatic carbocycles. The van der Waals surface area contributed by atoms with Crippen molar-refractivity contribution in [2.24, 2.45) is 5.73 Å². The van der Waals surface area contributed by atoms with Crippen LogP contribution >= 0.6 is 0 Å². The van der Waals surface area contributed by atoms with Gasteiger partial charge in [-0.15, -0.1) is 0 Å². The van der Waals surface area contributed by atoms with E-state index in [0.29, 0.717) is 18.7 Å². The van der Waals surface area contributed by atoms with E-state index >= 15 is 0 Å². The number of carbonyl (C=O) groups is 2. The Kier molecular flexibility index (Phi) is 6.01. The highest BCUT2D eigenvalue weighted by Gasteiger charge is 2.45. The number of piperidine rings is 1. The summed E-state index contributed by atoms with van der Waals surface area (Å²) in [6.07, 6.45) is 5.19. The van der Waals surface area contributed by atoms with Gasteiger partial charge in [0.2, 0.25) is 11.8 Å². The molecule has 2 aliphatic rings. The molecule has 0 bridgehead atoms. The summed E-state index contributed by atoms with van der Waals surface area (Å²) in [6.45, 7) is 7.44. The first kappa shape index (κ1) is 23.0. The molecule has 174 valence electrons. The van der Waals surface area contributed by atoms with Crippen LogP contribution in [0.4, 0.5) is 5.69 Å². The second-order valence-corrected chi connectivity index (χ2v) is 9.57. The summed E-state index contributed by atoms with van der Waals surface area (Å²) >= 11 is 0. The zero-order valence-corrected chi connectivity index (χ0v) is 19.8. The van der Waals surface area contributed by atoms with Gasteiger partial charge in [0, 0.05) is 18.3 Å². The van der Waals surface area contributed by atoms with E-state index in [1.165, 1.54) is 0 Å². The van der Waals surface area contributed by atoms with Crippen molar-refractivity contribution in [2.45, 2.75) is 44.6 Å². The topological polar surface area (TPSA) is 88.8 Å². The number of aromatic nitrogens is 1. The summed E-state index contributed by atoms with van der Waals surface area (Å²) in [6, 6.07) is 11.3. The summed E-state index contributed by atoms with van der Waals surface area (Å²) in [5, 5.41) is 0. The SMILES string of the molecule is COc1ccc2c(c1)C(C)=CC(C)(C)N2C(=O)CN1CCC[C@](C(N)=O)(c2ccccn2)C1. The average molecular weight is 449 g/mol. The Balaban J connectivity index is 1.62. The molecule has 0 unspecified atom stereocenters. The number of amides is 2. The molecule has 1 atom stereocenters. The second kappa shape index (κ2) is 8.63. The smallest absolute Gasteiger partial charge is 0.241 e. The van der Waals surface area contributed by atoms with E-state index < -0.39 is 16.9 Å². The van der Waals surface area contributed by atoms with Gasteiger partial charge in [-0.05, 0) is 76.1 Å². The van der Waals surface area contributed by atoms with Crippen molar-refractivity contribution in [3.05, 3.63) is 59.9 Å². The summed E-state index contributed by atoms with van der Waals surface area (Å²) in [5.74, 6) is 0.343. The molecule has 2 amide bonds. The molecule has 33 heavy (non-hydrogen) atoms. The zero-order valence-electron chi connectivity index (χ0n) is 19.8. The molecule has 3 heterocycles. The first-order valence-electron chi connectivity index (χ1n) is 11.3. The van der Waals surface area contributed by atoms with Crippen molar-refractivity contribution in [2.75, 3.05) is 31.6 Å². The third-order valence-electron chi connectivity index (χ3n) is 6.82. The van der Waals surface area contributed by atoms with Gasteiger partial charge in [0.15, 0.2) is 0 Å². The van der Waals surface area contributed by atoms with Crippen molar-refractivity contribution < 1.29 is 14.3 Å². The number of anilines is 1. The molecule has 1 aromatic heterocycles. The number of methoxy groups -OCH3 is 1. The fourth-order valence-electron chi connectivity index (χ4n) is 5.31. The molecule has 0 radical (unpaired) electrons. The van der Waals surface area contributed by atoms with Crippen LogP contribution in [0.3, 0.4) is 0 Å². The molecule has 0 spiro atoms. The number of carbonyl (C=O) groups excluding carboxylic acids is 2. The Bertz CT molecular complexity index is 1100. The summed E-state index contributed by atoms with van der Waals surface area (Å²) < 4.78 is 5.40. The van der Waals surface area contributed by atoms with Crippen LogP contribution in [0, 0.1) is 0 Å². The predicted molar refractivity (Wildman–Crippen MR) is 129 cm³/mol. The van der Waals surface area contributed by atoms with Crippen LogP contribution in [0.15, 0.2) is 48.7 Å². The number of rotatable bonds is 5. The van der Waals surface area contributed by atoms with Crippen LogP contribution in [-0.4, -0.2) is 54.0 Å². The van der Waals surface area contributed by atoms with E-state index in [1.807, 2.05) is 60.0 Å². The van der Waals surface area contributed by atoms with Gasteiger partial charge in [0.05, 0.1) is 30.6 Å². The van der Waals surface area contributed by atoms with Crippen LogP contribution in [0.5, 0.6) is 5.75 Å². The largest absolute Gasteiger partial charge is 0.497 e. The lowest BCUT2D eigenvalue weighted by Gasteiger charge is -2.44. The first-order valence-corrected chi connectivity index (χ1v) is 11.3. The van der Waals surface area contributed by atoms with E-state index in [1.54, 1.807) is 13.3 Å². The van der Waals surface area contributed by atoms with Crippen molar-refractivity contribution >= 4 is 23.1 Å². The van der Waals surface area contributed by atoms with E-state index in [2.05, 4.69) is 18.0 Å². The minimum Gasteiger partial charge on any atom is -0.497 e. The Morgan fingerprint density at radius 3 is 2.67 bits per heavy atom. The quantitative estimate of drug-likeness (QED) is 0.759. The second-order valence-electron chi connectivity index (χ2n) is 9.57. The van der Waals surface area contributed by atoms with E-state index in [0.717, 1.165) is 35.5 Å². The number of hydrogen-bond acceptors (Lipinski definition) is 5. The number of likely N-dealkylation sites (tertiary alicyclic amines) is 1. The van der Waals surface area contributed by atoms with E-state index in [9.17, 15) is 9.59 Å². The Hall–Kier alpha value is -3.19. The summed E-state index contributed by atoms with van der Waals surface area (Å²) in [5.41, 5.74) is 8.16. The van der Waals surface area contributed by atoms with Gasteiger partial charge >= 0.3 is 0 Å². The van der Waals surface area contributed by atoms with Gasteiger partial charge in [-0.3, -0.25) is 19.5 Å². The maximum atomic E-state index is 13.7. The van der Waals surface area contributed by atoms with Gasteiger partial charge < -0.3 is 15.4 Å². The van der Waals surface area contributed by atoms with Gasteiger partial charge in [0.25, 0.3) is 0 Å². The highest BCUT2D eigenvalue weighted by atomic mass is 16.5. The fraction of sp³-hybridized carbons (Fsp3) is 0.423. The first-order chi connectivity index (χ1) is 15.7. The minimum atomic E-state index is -0.890. The van der Waals surface area contributed by atoms with Crippen LogP contribution in [0.25, 0.3) is 5.57 Å². The fourth-order valence-corrected chi connectivity index (χ4v) is 5.31. The molecule has 2 aromatic rings. The third-order valence-corrected chi connectivity index (χ3v) is 6.82. The van der Waals surface area contributed by atoms with Crippen molar-refractivity contribution in [3.63, 3.8) is 0 Å². The molecular weight excluding hydrogens is 416 g/mol. The minimum absolute atomic E-state index is 0.0172. The standard InChI is InChI=1S/C26H32N4O3/c1-18-15-25(2,3)30(21-10-9-19(33-4)14-20(18)21)23(31)16-29-13-7-11-26(17-29,24(27)32)22-8-5-6-12-28-22/h5-6,8-10,12,14-15H,7,11,13,16-17H2,1-4H3,(H2,27,32)/t26-/m1/s1. The lowest BCUT2D eigenvalue weighted by atomic mass is 9.76. The average Bonchev–Trinajstić information content (AvgIpc) is 2.78. The van der Waals surface area contributed by atoms with Gasteiger partial charge in [0.1, 0.15) is 11.2 Å². The zero-order chi connectivity index (χ0) is 23.8. The maximum Gasteiger partial charge on any atom is 0.241 e. The third kappa shape index (κ3) is 4.13. The van der Waals surface area contributed by atoms with E-state index in [4.69, 9.17) is 10.5 Å². The lowest BCUT2D eigenvalue weighted by Crippen LogP contribution is -2.57. The maximum absolute atomic E-state index is 13.7. The summed E-state index contributed by atoms with van der Waals surface area (Å²) in [7, 11) is 1.64. The van der Waals surface area contributed by atoms with Crippen LogP contribution in [-0.2, 0) is 15.0 Å². The van der Waals surface area contributed by atoms with Crippen LogP contribution < -0.4 is 15.4 Å². The van der Waals surface area contributed by atoms with E-state index in [-0.39, 0.29) is 12.5 Å². The van der Waals surface area contributed by atoms with Crippen molar-refractivity contribution in [3.8, 4) is 5.75 Å². The molecular formula is C26H32N4O3. The Morgan fingerprint density at radius 1 is 1.21 bits per heavy atom. The number of primary amides is 1. The number of nitrogens with zero attached hydrogens (tertiary/aromatic N) is 3. The summed E-state index contributed by atoms with van der Waals surface area (Å²) in [4.78, 5) is 34.7. The molecule has 4 rings (SSSR count). The highest BCUT2D eigenvalue weighted by molar-refractivity contribution is 6.01. The molecule has 7 nitrogen and oxygen atoms in total. The molecule has 2 N–H and O–H groups in total. The van der Waals surface area contributed by atoms with Gasteiger partial charge in [-0.1, -0.05) is 12.1 Å². The Labute approximate surface area is 195 Å². The molecule has 0 saturated carbocycles. The lowest BCUT2D eigenvalue weighted by molar-refractivity contribution is -0.128. The monoisotopic (exact) mass is 448 g/mol.